The highest BCUT2D eigenvalue weighted by Crippen LogP contribution is 2.18. The number of anilines is 1. The number of nitro groups is 1. The third-order valence-corrected chi connectivity index (χ3v) is 4.62. The highest BCUT2D eigenvalue weighted by atomic mass is 16.6. The Morgan fingerprint density at radius 2 is 1.73 bits per heavy atom. The summed E-state index contributed by atoms with van der Waals surface area (Å²) in [6.07, 6.45) is -1.19. The molecule has 0 saturated heterocycles. The molecule has 2 aromatic carbocycles. The number of carbonyl (C=O) groups excluding carboxylic acids is 3. The van der Waals surface area contributed by atoms with Gasteiger partial charge in [-0.25, -0.2) is 4.79 Å². The Balaban J connectivity index is 2.00. The zero-order valence-corrected chi connectivity index (χ0v) is 18.9. The van der Waals surface area contributed by atoms with Gasteiger partial charge in [-0.15, -0.1) is 0 Å². The maximum atomic E-state index is 12.7. The molecule has 10 nitrogen and oxygen atoms in total. The maximum absolute atomic E-state index is 12.7. The van der Waals surface area contributed by atoms with E-state index >= 15 is 0 Å². The lowest BCUT2D eigenvalue weighted by molar-refractivity contribution is -0.384. The van der Waals surface area contributed by atoms with Gasteiger partial charge in [0.25, 0.3) is 17.5 Å². The van der Waals surface area contributed by atoms with Crippen LogP contribution in [0.2, 0.25) is 0 Å². The Bertz CT molecular complexity index is 1010. The quantitative estimate of drug-likeness (QED) is 0.317. The van der Waals surface area contributed by atoms with E-state index in [0.717, 1.165) is 0 Å². The summed E-state index contributed by atoms with van der Waals surface area (Å²) >= 11 is 0. The number of ether oxygens (including phenoxy) is 2. The summed E-state index contributed by atoms with van der Waals surface area (Å²) in [6.45, 7) is 7.19. The van der Waals surface area contributed by atoms with E-state index < -0.39 is 34.9 Å². The lowest BCUT2D eigenvalue weighted by Gasteiger charge is -2.23. The number of hydrogen-bond donors (Lipinski definition) is 2. The van der Waals surface area contributed by atoms with E-state index in [2.05, 4.69) is 10.6 Å². The van der Waals surface area contributed by atoms with E-state index in [0.29, 0.717) is 17.9 Å². The van der Waals surface area contributed by atoms with Gasteiger partial charge < -0.3 is 20.1 Å². The molecule has 0 aliphatic carbocycles. The summed E-state index contributed by atoms with van der Waals surface area (Å²) in [5.74, 6) is -1.59. The number of rotatable bonds is 10. The molecule has 0 radical (unpaired) electrons. The van der Waals surface area contributed by atoms with E-state index in [1.54, 1.807) is 38.1 Å². The molecule has 0 fully saturated rings. The molecule has 0 saturated carbocycles. The van der Waals surface area contributed by atoms with Gasteiger partial charge in [-0.3, -0.25) is 19.7 Å². The predicted octanol–water partition coefficient (Wildman–Crippen LogP) is 3.32. The summed E-state index contributed by atoms with van der Waals surface area (Å²) in [5.41, 5.74) is 0.351. The van der Waals surface area contributed by atoms with E-state index in [9.17, 15) is 24.5 Å². The van der Waals surface area contributed by atoms with Crippen molar-refractivity contribution in [3.63, 3.8) is 0 Å². The Morgan fingerprint density at radius 1 is 1.06 bits per heavy atom. The minimum Gasteiger partial charge on any atom is -0.494 e. The van der Waals surface area contributed by atoms with Crippen LogP contribution in [0.25, 0.3) is 0 Å². The number of nitrogens with zero attached hydrogens (tertiary/aromatic N) is 1. The van der Waals surface area contributed by atoms with Crippen LogP contribution in [0, 0.1) is 16.0 Å². The van der Waals surface area contributed by atoms with Crippen molar-refractivity contribution in [2.24, 2.45) is 5.92 Å². The van der Waals surface area contributed by atoms with Gasteiger partial charge in [0.15, 0.2) is 6.10 Å². The monoisotopic (exact) mass is 457 g/mol. The first-order valence-electron chi connectivity index (χ1n) is 10.4. The molecule has 2 aromatic rings. The topological polar surface area (TPSA) is 137 Å². The molecule has 0 aromatic heterocycles. The number of benzene rings is 2. The summed E-state index contributed by atoms with van der Waals surface area (Å²) in [6, 6.07) is 10.9. The summed E-state index contributed by atoms with van der Waals surface area (Å²) in [4.78, 5) is 47.9. The van der Waals surface area contributed by atoms with Crippen LogP contribution in [0.5, 0.6) is 5.75 Å². The second-order valence-corrected chi connectivity index (χ2v) is 7.53. The fourth-order valence-corrected chi connectivity index (χ4v) is 2.83. The van der Waals surface area contributed by atoms with Gasteiger partial charge in [-0.2, -0.15) is 0 Å². The molecule has 0 spiro atoms. The van der Waals surface area contributed by atoms with Crippen molar-refractivity contribution >= 4 is 29.2 Å². The average Bonchev–Trinajstić information content (AvgIpc) is 2.77. The standard InChI is InChI=1S/C23H27N3O7/c1-5-32-19-11-9-16(10-12-19)22(28)25-20(14(2)3)23(29)33-15(4)21(27)24-17-7-6-8-18(13-17)26(30)31/h6-15,20H,5H2,1-4H3,(H,24,27)(H,25,28). The zero-order chi connectivity index (χ0) is 24.5. The number of non-ortho nitro benzene ring substituents is 1. The SMILES string of the molecule is CCOc1ccc(C(=O)NC(C(=O)OC(C)C(=O)Nc2cccc([N+](=O)[O-])c2)C(C)C)cc1. The fourth-order valence-electron chi connectivity index (χ4n) is 2.83. The van der Waals surface area contributed by atoms with Crippen LogP contribution in [0.4, 0.5) is 11.4 Å². The molecule has 0 bridgehead atoms. The number of esters is 1. The summed E-state index contributed by atoms with van der Waals surface area (Å²) in [5, 5.41) is 16.0. The number of amides is 2. The molecular weight excluding hydrogens is 430 g/mol. The van der Waals surface area contributed by atoms with E-state index in [1.807, 2.05) is 6.92 Å². The van der Waals surface area contributed by atoms with Crippen LogP contribution in [-0.4, -0.2) is 41.5 Å². The van der Waals surface area contributed by atoms with Gasteiger partial charge in [0.1, 0.15) is 11.8 Å². The molecule has 0 aliphatic heterocycles. The largest absolute Gasteiger partial charge is 0.494 e. The highest BCUT2D eigenvalue weighted by Gasteiger charge is 2.29. The molecule has 2 N–H and O–H groups in total. The van der Waals surface area contributed by atoms with E-state index in [1.165, 1.54) is 31.2 Å². The van der Waals surface area contributed by atoms with Gasteiger partial charge in [-0.05, 0) is 50.1 Å². The van der Waals surface area contributed by atoms with Crippen LogP contribution < -0.4 is 15.4 Å². The van der Waals surface area contributed by atoms with E-state index in [4.69, 9.17) is 9.47 Å². The molecule has 176 valence electrons. The molecule has 2 amide bonds. The van der Waals surface area contributed by atoms with Gasteiger partial charge in [0.2, 0.25) is 0 Å². The fraction of sp³-hybridized carbons (Fsp3) is 0.348. The molecule has 0 heterocycles. The van der Waals surface area contributed by atoms with Crippen molar-refractivity contribution in [2.75, 3.05) is 11.9 Å². The first-order chi connectivity index (χ1) is 15.6. The number of hydrogen-bond acceptors (Lipinski definition) is 7. The molecule has 2 atom stereocenters. The van der Waals surface area contributed by atoms with Gasteiger partial charge in [0.05, 0.1) is 11.5 Å². The molecular formula is C23H27N3O7. The first kappa shape index (κ1) is 25.3. The van der Waals surface area contributed by atoms with Crippen LogP contribution in [0.1, 0.15) is 38.1 Å². The number of nitro benzene ring substituents is 1. The van der Waals surface area contributed by atoms with Crippen molar-refractivity contribution in [2.45, 2.75) is 39.8 Å². The van der Waals surface area contributed by atoms with Crippen LogP contribution in [0.15, 0.2) is 48.5 Å². The maximum Gasteiger partial charge on any atom is 0.329 e. The molecule has 33 heavy (non-hydrogen) atoms. The van der Waals surface area contributed by atoms with Gasteiger partial charge >= 0.3 is 5.97 Å². The second-order valence-electron chi connectivity index (χ2n) is 7.53. The summed E-state index contributed by atoms with van der Waals surface area (Å²) < 4.78 is 10.6. The van der Waals surface area contributed by atoms with Crippen molar-refractivity contribution < 1.29 is 28.8 Å². The Kier molecular flexibility index (Phi) is 8.90. The van der Waals surface area contributed by atoms with Gasteiger partial charge in [-0.1, -0.05) is 19.9 Å². The number of nitrogens with one attached hydrogen (secondary N) is 2. The van der Waals surface area contributed by atoms with Crippen molar-refractivity contribution in [1.82, 2.24) is 5.32 Å². The zero-order valence-electron chi connectivity index (χ0n) is 18.9. The normalized spacial score (nSPS) is 12.4. The van der Waals surface area contributed by atoms with Crippen LogP contribution >= 0.6 is 0 Å². The number of carbonyl (C=O) groups is 3. The van der Waals surface area contributed by atoms with Crippen molar-refractivity contribution in [3.8, 4) is 5.75 Å². The van der Waals surface area contributed by atoms with E-state index in [-0.39, 0.29) is 17.3 Å². The highest BCUT2D eigenvalue weighted by molar-refractivity contribution is 5.98. The smallest absolute Gasteiger partial charge is 0.329 e. The van der Waals surface area contributed by atoms with Crippen molar-refractivity contribution in [1.29, 1.82) is 0 Å². The van der Waals surface area contributed by atoms with Crippen molar-refractivity contribution in [3.05, 3.63) is 64.2 Å². The Morgan fingerprint density at radius 3 is 2.30 bits per heavy atom. The average molecular weight is 457 g/mol. The summed E-state index contributed by atoms with van der Waals surface area (Å²) in [7, 11) is 0. The first-order valence-corrected chi connectivity index (χ1v) is 10.4. The Labute approximate surface area is 191 Å². The molecule has 2 unspecified atom stereocenters. The van der Waals surface area contributed by atoms with Crippen LogP contribution in [0.3, 0.4) is 0 Å². The third kappa shape index (κ3) is 7.30. The van der Waals surface area contributed by atoms with Gasteiger partial charge in [0, 0.05) is 23.4 Å². The minimum atomic E-state index is -1.19. The predicted molar refractivity (Wildman–Crippen MR) is 121 cm³/mol. The second kappa shape index (κ2) is 11.6. The lowest BCUT2D eigenvalue weighted by Crippen LogP contribution is -2.47. The molecule has 2 rings (SSSR count). The van der Waals surface area contributed by atoms with Crippen LogP contribution in [-0.2, 0) is 14.3 Å². The molecule has 10 heteroatoms. The Hall–Kier alpha value is -3.95. The third-order valence-electron chi connectivity index (χ3n) is 4.62. The molecule has 0 aliphatic rings. The lowest BCUT2D eigenvalue weighted by atomic mass is 10.0. The minimum absolute atomic E-state index is 0.186.